The molecular weight excluding hydrogens is 508 g/mol. The lowest BCUT2D eigenvalue weighted by Gasteiger charge is -2.37. The number of nitrogens with one attached hydrogen (secondary N) is 2. The fourth-order valence-electron chi connectivity index (χ4n) is 4.71. The maximum absolute atomic E-state index is 13.2. The first-order valence-electron chi connectivity index (χ1n) is 10.4. The van der Waals surface area contributed by atoms with Crippen molar-refractivity contribution in [3.8, 4) is 0 Å². The molecule has 5 rings (SSSR count). The molecule has 1 aliphatic heterocycles. The van der Waals surface area contributed by atoms with Gasteiger partial charge in [0.15, 0.2) is 0 Å². The van der Waals surface area contributed by atoms with Gasteiger partial charge in [0.1, 0.15) is 0 Å². The van der Waals surface area contributed by atoms with Gasteiger partial charge in [-0.25, -0.2) is 8.42 Å². The second-order valence-corrected chi connectivity index (χ2v) is 11.4. The molecule has 1 aliphatic carbocycles. The topological polar surface area (TPSA) is 58.2 Å². The second kappa shape index (κ2) is 8.25. The monoisotopic (exact) mass is 528 g/mol. The lowest BCUT2D eigenvalue weighted by Crippen LogP contribution is -2.29. The first kappa shape index (κ1) is 21.6. The highest BCUT2D eigenvalue weighted by Gasteiger charge is 2.38. The third-order valence-corrected chi connectivity index (χ3v) is 8.38. The van der Waals surface area contributed by atoms with Gasteiger partial charge in [-0.3, -0.25) is 4.72 Å². The van der Waals surface area contributed by atoms with E-state index < -0.39 is 10.0 Å². The van der Waals surface area contributed by atoms with Crippen LogP contribution in [0, 0.1) is 12.8 Å². The van der Waals surface area contributed by atoms with Crippen molar-refractivity contribution in [1.29, 1.82) is 0 Å². The van der Waals surface area contributed by atoms with Gasteiger partial charge < -0.3 is 5.32 Å². The maximum Gasteiger partial charge on any atom is 0.261 e. The summed E-state index contributed by atoms with van der Waals surface area (Å²) in [5, 5.41) is 4.24. The minimum atomic E-state index is -3.73. The molecule has 32 heavy (non-hydrogen) atoms. The zero-order valence-electron chi connectivity index (χ0n) is 17.3. The van der Waals surface area contributed by atoms with Gasteiger partial charge >= 0.3 is 0 Å². The molecule has 164 valence electrons. The molecule has 2 N–H and O–H groups in total. The number of halogens is 2. The van der Waals surface area contributed by atoms with Crippen molar-refractivity contribution in [2.75, 3.05) is 10.0 Å². The third kappa shape index (κ3) is 3.96. The molecule has 3 aromatic carbocycles. The molecule has 0 aromatic heterocycles. The standard InChI is InChI=1S/C25H22BrClN2O2S/c1-15-12-18(27)8-10-23(15)29-32(30,31)19-9-11-24-22(14-19)20-6-3-7-21(20)25(28-24)16-4-2-5-17(26)13-16/h2-6,8-14,20-21,25,28-29H,7H2,1H3/t20-,21+,25+/m0/s1. The molecule has 0 spiro atoms. The van der Waals surface area contributed by atoms with Crippen molar-refractivity contribution in [2.24, 2.45) is 5.92 Å². The molecular formula is C25H22BrClN2O2S. The van der Waals surface area contributed by atoms with Crippen molar-refractivity contribution < 1.29 is 8.42 Å². The number of anilines is 2. The van der Waals surface area contributed by atoms with E-state index in [1.165, 1.54) is 5.56 Å². The number of hydrogen-bond acceptors (Lipinski definition) is 3. The van der Waals surface area contributed by atoms with Gasteiger partial charge in [-0.15, -0.1) is 0 Å². The first-order chi connectivity index (χ1) is 15.3. The van der Waals surface area contributed by atoms with E-state index in [0.717, 1.165) is 27.7 Å². The van der Waals surface area contributed by atoms with Crippen LogP contribution in [0.3, 0.4) is 0 Å². The predicted octanol–water partition coefficient (Wildman–Crippen LogP) is 7.04. The molecule has 0 saturated carbocycles. The Kier molecular flexibility index (Phi) is 5.56. The zero-order valence-corrected chi connectivity index (χ0v) is 20.5. The molecule has 0 unspecified atom stereocenters. The highest BCUT2D eigenvalue weighted by atomic mass is 79.9. The summed E-state index contributed by atoms with van der Waals surface area (Å²) < 4.78 is 30.1. The quantitative estimate of drug-likeness (QED) is 0.356. The summed E-state index contributed by atoms with van der Waals surface area (Å²) in [6.07, 6.45) is 5.36. The Labute approximate surface area is 201 Å². The highest BCUT2D eigenvalue weighted by Crippen LogP contribution is 2.50. The molecule has 2 aliphatic rings. The minimum absolute atomic E-state index is 0.164. The summed E-state index contributed by atoms with van der Waals surface area (Å²) in [4.78, 5) is 0.257. The largest absolute Gasteiger partial charge is 0.378 e. The minimum Gasteiger partial charge on any atom is -0.378 e. The van der Waals surface area contributed by atoms with Crippen molar-refractivity contribution >= 4 is 48.9 Å². The molecule has 0 saturated heterocycles. The van der Waals surface area contributed by atoms with Crippen LogP contribution in [-0.4, -0.2) is 8.42 Å². The number of sulfonamides is 1. The van der Waals surface area contributed by atoms with E-state index in [4.69, 9.17) is 11.6 Å². The van der Waals surface area contributed by atoms with Crippen LogP contribution < -0.4 is 10.0 Å². The number of aryl methyl sites for hydroxylation is 1. The van der Waals surface area contributed by atoms with Crippen LogP contribution in [0.15, 0.2) is 82.2 Å². The summed E-state index contributed by atoms with van der Waals surface area (Å²) in [6.45, 7) is 1.83. The molecule has 1 heterocycles. The Hall–Kier alpha value is -2.28. The highest BCUT2D eigenvalue weighted by molar-refractivity contribution is 9.10. The van der Waals surface area contributed by atoms with E-state index in [2.05, 4.69) is 50.3 Å². The van der Waals surface area contributed by atoms with E-state index in [1.807, 2.05) is 25.1 Å². The fourth-order valence-corrected chi connectivity index (χ4v) is 6.52. The zero-order chi connectivity index (χ0) is 22.5. The van der Waals surface area contributed by atoms with E-state index in [-0.39, 0.29) is 16.9 Å². The van der Waals surface area contributed by atoms with Crippen molar-refractivity contribution in [3.05, 3.63) is 99.0 Å². The lowest BCUT2D eigenvalue weighted by molar-refractivity contribution is 0.425. The Morgan fingerprint density at radius 3 is 2.72 bits per heavy atom. The predicted molar refractivity (Wildman–Crippen MR) is 134 cm³/mol. The Bertz CT molecular complexity index is 1340. The van der Waals surface area contributed by atoms with Crippen molar-refractivity contribution in [1.82, 2.24) is 0 Å². The third-order valence-electron chi connectivity index (χ3n) is 6.29. The molecule has 0 bridgehead atoms. The molecule has 4 nitrogen and oxygen atoms in total. The maximum atomic E-state index is 13.2. The van der Waals surface area contributed by atoms with Crippen LogP contribution in [0.2, 0.25) is 5.02 Å². The Morgan fingerprint density at radius 2 is 1.94 bits per heavy atom. The van der Waals surface area contributed by atoms with Crippen molar-refractivity contribution in [3.63, 3.8) is 0 Å². The van der Waals surface area contributed by atoms with Crippen LogP contribution in [0.4, 0.5) is 11.4 Å². The number of allylic oxidation sites excluding steroid dienone is 2. The number of hydrogen-bond donors (Lipinski definition) is 2. The van der Waals surface area contributed by atoms with Gasteiger partial charge in [-0.05, 0) is 84.5 Å². The number of rotatable bonds is 4. The van der Waals surface area contributed by atoms with Crippen molar-refractivity contribution in [2.45, 2.75) is 30.2 Å². The molecule has 7 heteroatoms. The lowest BCUT2D eigenvalue weighted by atomic mass is 9.77. The van der Waals surface area contributed by atoms with Gasteiger partial charge in [0.25, 0.3) is 10.0 Å². The molecule has 3 aromatic rings. The van der Waals surface area contributed by atoms with Crippen LogP contribution in [0.1, 0.15) is 35.1 Å². The summed E-state index contributed by atoms with van der Waals surface area (Å²) in [5.41, 5.74) is 4.52. The normalized spacial score (nSPS) is 21.5. The number of fused-ring (bicyclic) bond motifs is 3. The smallest absolute Gasteiger partial charge is 0.261 e. The van der Waals surface area contributed by atoms with Gasteiger partial charge in [0, 0.05) is 21.1 Å². The van der Waals surface area contributed by atoms with E-state index in [1.54, 1.807) is 30.3 Å². The Morgan fingerprint density at radius 1 is 1.09 bits per heavy atom. The van der Waals surface area contributed by atoms with Crippen LogP contribution >= 0.6 is 27.5 Å². The number of benzene rings is 3. The SMILES string of the molecule is Cc1cc(Cl)ccc1NS(=O)(=O)c1ccc2c(c1)[C@H]1C=CC[C@H]1[C@@H](c1cccc(Br)c1)N2. The van der Waals surface area contributed by atoms with E-state index in [0.29, 0.717) is 16.6 Å². The first-order valence-corrected chi connectivity index (χ1v) is 13.1. The fraction of sp³-hybridized carbons (Fsp3) is 0.200. The van der Waals surface area contributed by atoms with E-state index in [9.17, 15) is 8.42 Å². The van der Waals surface area contributed by atoms with E-state index >= 15 is 0 Å². The summed E-state index contributed by atoms with van der Waals surface area (Å²) in [7, 11) is -3.73. The second-order valence-electron chi connectivity index (χ2n) is 8.34. The van der Waals surface area contributed by atoms with Gasteiger partial charge in [0.2, 0.25) is 0 Å². The van der Waals surface area contributed by atoms with Crippen LogP contribution in [0.25, 0.3) is 0 Å². The molecule has 0 amide bonds. The van der Waals surface area contributed by atoms with Crippen LogP contribution in [0.5, 0.6) is 0 Å². The average molecular weight is 530 g/mol. The Balaban J connectivity index is 1.49. The van der Waals surface area contributed by atoms with Gasteiger partial charge in [-0.1, -0.05) is 51.8 Å². The summed E-state index contributed by atoms with van der Waals surface area (Å²) in [6, 6.07) is 19.0. The molecule has 0 fully saturated rings. The summed E-state index contributed by atoms with van der Waals surface area (Å²) >= 11 is 9.58. The summed E-state index contributed by atoms with van der Waals surface area (Å²) in [5.74, 6) is 0.504. The average Bonchev–Trinajstić information content (AvgIpc) is 3.25. The molecule has 0 radical (unpaired) electrons. The molecule has 3 atom stereocenters. The van der Waals surface area contributed by atoms with Gasteiger partial charge in [0.05, 0.1) is 16.6 Å². The van der Waals surface area contributed by atoms with Gasteiger partial charge in [-0.2, -0.15) is 0 Å². The van der Waals surface area contributed by atoms with Crippen LogP contribution in [-0.2, 0) is 10.0 Å².